The van der Waals surface area contributed by atoms with Crippen LogP contribution >= 0.6 is 15.9 Å². The Balaban J connectivity index is 2.31. The van der Waals surface area contributed by atoms with Crippen LogP contribution in [0.1, 0.15) is 18.9 Å². The van der Waals surface area contributed by atoms with E-state index in [1.165, 1.54) is 6.07 Å². The van der Waals surface area contributed by atoms with E-state index in [9.17, 15) is 4.39 Å². The van der Waals surface area contributed by atoms with Gasteiger partial charge in [-0.25, -0.2) is 4.39 Å². The van der Waals surface area contributed by atoms with Gasteiger partial charge in [0.25, 0.3) is 0 Å². The van der Waals surface area contributed by atoms with E-state index < -0.39 is 0 Å². The summed E-state index contributed by atoms with van der Waals surface area (Å²) in [4.78, 5) is 4.48. The maximum absolute atomic E-state index is 13.7. The van der Waals surface area contributed by atoms with Crippen molar-refractivity contribution in [3.05, 3.63) is 34.1 Å². The Hall–Kier alpha value is -1.18. The van der Waals surface area contributed by atoms with Gasteiger partial charge < -0.3 is 20.1 Å². The lowest BCUT2D eigenvalue weighted by atomic mass is 10.1. The Bertz CT molecular complexity index is 501. The molecule has 0 saturated carbocycles. The van der Waals surface area contributed by atoms with Crippen LogP contribution in [0.4, 0.5) is 4.39 Å². The van der Waals surface area contributed by atoms with Crippen LogP contribution in [0.2, 0.25) is 0 Å². The van der Waals surface area contributed by atoms with Gasteiger partial charge in [0.2, 0.25) is 0 Å². The Kier molecular flexibility index (Phi) is 11.4. The van der Waals surface area contributed by atoms with Crippen LogP contribution in [-0.2, 0) is 15.9 Å². The molecular weight excluding hydrogens is 377 g/mol. The number of nitrogens with zero attached hydrogens (tertiary/aromatic N) is 1. The van der Waals surface area contributed by atoms with Gasteiger partial charge in [0, 0.05) is 37.8 Å². The highest BCUT2D eigenvalue weighted by Crippen LogP contribution is 2.15. The van der Waals surface area contributed by atoms with Crippen molar-refractivity contribution >= 4 is 21.9 Å². The van der Waals surface area contributed by atoms with E-state index in [0.717, 1.165) is 23.4 Å². The van der Waals surface area contributed by atoms with E-state index in [-0.39, 0.29) is 5.82 Å². The van der Waals surface area contributed by atoms with E-state index in [2.05, 4.69) is 31.6 Å². The number of hydrogen-bond donors (Lipinski definition) is 2. The molecule has 0 unspecified atom stereocenters. The van der Waals surface area contributed by atoms with Gasteiger partial charge in [-0.2, -0.15) is 0 Å². The largest absolute Gasteiger partial charge is 0.382 e. The lowest BCUT2D eigenvalue weighted by Crippen LogP contribution is -2.38. The predicted molar refractivity (Wildman–Crippen MR) is 99.1 cm³/mol. The zero-order valence-corrected chi connectivity index (χ0v) is 16.0. The highest BCUT2D eigenvalue weighted by Gasteiger charge is 2.03. The fourth-order valence-corrected chi connectivity index (χ4v) is 2.40. The smallest absolute Gasteiger partial charge is 0.191 e. The lowest BCUT2D eigenvalue weighted by Gasteiger charge is -2.12. The van der Waals surface area contributed by atoms with Crippen molar-refractivity contribution in [3.8, 4) is 0 Å². The third-order valence-corrected chi connectivity index (χ3v) is 3.68. The molecule has 0 heterocycles. The highest BCUT2D eigenvalue weighted by atomic mass is 79.9. The molecule has 136 valence electrons. The zero-order valence-electron chi connectivity index (χ0n) is 14.4. The van der Waals surface area contributed by atoms with E-state index in [1.807, 2.05) is 6.92 Å². The van der Waals surface area contributed by atoms with Crippen molar-refractivity contribution in [1.29, 1.82) is 0 Å². The van der Waals surface area contributed by atoms with E-state index in [0.29, 0.717) is 44.9 Å². The Morgan fingerprint density at radius 2 is 2.08 bits per heavy atom. The summed E-state index contributed by atoms with van der Waals surface area (Å²) in [7, 11) is 1.65. The number of halogens is 2. The van der Waals surface area contributed by atoms with Gasteiger partial charge in [0.05, 0.1) is 13.2 Å². The minimum atomic E-state index is -0.185. The molecule has 1 aromatic carbocycles. The van der Waals surface area contributed by atoms with E-state index in [1.54, 1.807) is 19.2 Å². The second-order valence-corrected chi connectivity index (χ2v) is 6.05. The lowest BCUT2D eigenvalue weighted by molar-refractivity contribution is 0.0702. The molecule has 0 aliphatic carbocycles. The summed E-state index contributed by atoms with van der Waals surface area (Å²) in [5, 5.41) is 6.40. The van der Waals surface area contributed by atoms with Crippen molar-refractivity contribution in [2.75, 3.05) is 46.6 Å². The van der Waals surface area contributed by atoms with Crippen LogP contribution in [0.3, 0.4) is 0 Å². The molecule has 0 atom stereocenters. The molecule has 0 saturated heterocycles. The van der Waals surface area contributed by atoms with Crippen LogP contribution in [0.5, 0.6) is 0 Å². The quantitative estimate of drug-likeness (QED) is 0.338. The maximum Gasteiger partial charge on any atom is 0.191 e. The topological polar surface area (TPSA) is 54.9 Å². The van der Waals surface area contributed by atoms with Crippen molar-refractivity contribution in [3.63, 3.8) is 0 Å². The van der Waals surface area contributed by atoms with Crippen LogP contribution < -0.4 is 10.6 Å². The van der Waals surface area contributed by atoms with Crippen molar-refractivity contribution in [1.82, 2.24) is 10.6 Å². The molecule has 0 bridgehead atoms. The van der Waals surface area contributed by atoms with Gasteiger partial charge in [-0.1, -0.05) is 15.9 Å². The maximum atomic E-state index is 13.7. The first-order valence-corrected chi connectivity index (χ1v) is 8.99. The molecule has 5 nitrogen and oxygen atoms in total. The summed E-state index contributed by atoms with van der Waals surface area (Å²) >= 11 is 3.36. The number of methoxy groups -OCH3 is 1. The molecule has 0 radical (unpaired) electrons. The van der Waals surface area contributed by atoms with Gasteiger partial charge >= 0.3 is 0 Å². The van der Waals surface area contributed by atoms with Gasteiger partial charge in [-0.05, 0) is 43.5 Å². The average Bonchev–Trinajstić information content (AvgIpc) is 2.57. The molecule has 24 heavy (non-hydrogen) atoms. The van der Waals surface area contributed by atoms with Crippen LogP contribution in [0.15, 0.2) is 27.7 Å². The molecule has 0 spiro atoms. The third-order valence-electron chi connectivity index (χ3n) is 3.19. The first-order valence-electron chi connectivity index (χ1n) is 8.20. The normalized spacial score (nSPS) is 11.6. The molecule has 0 fully saturated rings. The SMILES string of the molecule is CCNC(=NCCCOCCOC)NCCc1cc(Br)ccc1F. The first-order chi connectivity index (χ1) is 11.7. The third kappa shape index (κ3) is 9.20. The molecule has 0 amide bonds. The Morgan fingerprint density at radius 3 is 2.83 bits per heavy atom. The molecule has 1 aromatic rings. The minimum absolute atomic E-state index is 0.185. The van der Waals surface area contributed by atoms with Crippen molar-refractivity contribution in [2.24, 2.45) is 4.99 Å². The molecular formula is C17H27BrFN3O2. The van der Waals surface area contributed by atoms with Crippen LogP contribution in [0, 0.1) is 5.82 Å². The molecule has 1 rings (SSSR count). The monoisotopic (exact) mass is 403 g/mol. The number of hydrogen-bond acceptors (Lipinski definition) is 3. The molecule has 2 N–H and O–H groups in total. The summed E-state index contributed by atoms with van der Waals surface area (Å²) < 4.78 is 24.9. The fraction of sp³-hybridized carbons (Fsp3) is 0.588. The second-order valence-electron chi connectivity index (χ2n) is 5.13. The second kappa shape index (κ2) is 13.1. The average molecular weight is 404 g/mol. The standard InChI is InChI=1S/C17H27BrFN3O2/c1-3-20-17(21-8-4-10-24-12-11-23-2)22-9-7-14-13-15(18)5-6-16(14)19/h5-6,13H,3-4,7-12H2,1-2H3,(H2,20,21,22). The van der Waals surface area contributed by atoms with Gasteiger partial charge in [-0.15, -0.1) is 0 Å². The van der Waals surface area contributed by atoms with Gasteiger partial charge in [-0.3, -0.25) is 4.99 Å². The fourth-order valence-electron chi connectivity index (χ4n) is 1.99. The number of guanidine groups is 1. The number of aliphatic imine (C=N–C) groups is 1. The Labute approximate surface area is 152 Å². The minimum Gasteiger partial charge on any atom is -0.382 e. The van der Waals surface area contributed by atoms with Gasteiger partial charge in [0.1, 0.15) is 5.82 Å². The summed E-state index contributed by atoms with van der Waals surface area (Å²) in [5.74, 6) is 0.556. The summed E-state index contributed by atoms with van der Waals surface area (Å²) in [6.07, 6.45) is 1.44. The predicted octanol–water partition coefficient (Wildman–Crippen LogP) is 2.74. The van der Waals surface area contributed by atoms with Crippen molar-refractivity contribution < 1.29 is 13.9 Å². The number of nitrogens with one attached hydrogen (secondary N) is 2. The Morgan fingerprint density at radius 1 is 1.25 bits per heavy atom. The number of benzene rings is 1. The highest BCUT2D eigenvalue weighted by molar-refractivity contribution is 9.10. The summed E-state index contributed by atoms with van der Waals surface area (Å²) in [6.45, 7) is 5.96. The van der Waals surface area contributed by atoms with E-state index in [4.69, 9.17) is 9.47 Å². The summed E-state index contributed by atoms with van der Waals surface area (Å²) in [5.41, 5.74) is 0.680. The first kappa shape index (κ1) is 20.9. The van der Waals surface area contributed by atoms with Crippen LogP contribution in [-0.4, -0.2) is 52.5 Å². The zero-order chi connectivity index (χ0) is 17.6. The molecule has 0 aromatic heterocycles. The number of rotatable bonds is 11. The molecule has 0 aliphatic heterocycles. The van der Waals surface area contributed by atoms with Gasteiger partial charge in [0.15, 0.2) is 5.96 Å². The van der Waals surface area contributed by atoms with E-state index >= 15 is 0 Å². The molecule has 7 heteroatoms. The molecule has 0 aliphatic rings. The van der Waals surface area contributed by atoms with Crippen LogP contribution in [0.25, 0.3) is 0 Å². The van der Waals surface area contributed by atoms with Crippen molar-refractivity contribution in [2.45, 2.75) is 19.8 Å². The number of ether oxygens (including phenoxy) is 2. The summed E-state index contributed by atoms with van der Waals surface area (Å²) in [6, 6.07) is 4.98.